The Hall–Kier alpha value is -1.92. The molecular weight excluding hydrogens is 382 g/mol. The third kappa shape index (κ3) is 4.01. The van der Waals surface area contributed by atoms with Crippen LogP contribution in [0.2, 0.25) is 5.02 Å². The summed E-state index contributed by atoms with van der Waals surface area (Å²) in [6, 6.07) is 7.77. The first-order valence-electron chi connectivity index (χ1n) is 9.29. The van der Waals surface area contributed by atoms with E-state index in [0.29, 0.717) is 31.1 Å². The first-order valence-corrected chi connectivity index (χ1v) is 10.5. The van der Waals surface area contributed by atoms with Gasteiger partial charge in [0.05, 0.1) is 5.69 Å². The smallest absolute Gasteiger partial charge is 0.229 e. The van der Waals surface area contributed by atoms with Crippen molar-refractivity contribution in [2.24, 2.45) is 11.8 Å². The van der Waals surface area contributed by atoms with Gasteiger partial charge in [-0.15, -0.1) is 11.3 Å². The molecule has 1 saturated carbocycles. The topological polar surface area (TPSA) is 62.3 Å². The minimum atomic E-state index is -0.0585. The van der Waals surface area contributed by atoms with E-state index in [4.69, 9.17) is 11.6 Å². The van der Waals surface area contributed by atoms with Gasteiger partial charge < -0.3 is 10.2 Å². The molecule has 1 aliphatic carbocycles. The zero-order valence-electron chi connectivity index (χ0n) is 15.2. The summed E-state index contributed by atoms with van der Waals surface area (Å²) in [6.07, 6.45) is 2.27. The molecule has 1 N–H and O–H groups in total. The van der Waals surface area contributed by atoms with E-state index in [-0.39, 0.29) is 29.6 Å². The molecule has 1 saturated heterocycles. The Kier molecular flexibility index (Phi) is 5.19. The number of hydrogen-bond acceptors (Lipinski definition) is 4. The van der Waals surface area contributed by atoms with Crippen molar-refractivity contribution in [1.82, 2.24) is 9.88 Å². The van der Waals surface area contributed by atoms with Crippen molar-refractivity contribution in [3.63, 3.8) is 0 Å². The van der Waals surface area contributed by atoms with Gasteiger partial charge in [-0.1, -0.05) is 29.8 Å². The SMILES string of the molecule is Cc1csc(NC(=O)C2CCN(C(=O)C3CC3c3ccccc3Cl)CC2)n1. The molecule has 2 unspecified atom stereocenters. The van der Waals surface area contributed by atoms with Gasteiger partial charge in [0.1, 0.15) is 0 Å². The normalized spacial score (nSPS) is 22.5. The number of anilines is 1. The summed E-state index contributed by atoms with van der Waals surface area (Å²) in [6.45, 7) is 3.18. The van der Waals surface area contributed by atoms with Gasteiger partial charge in [0.2, 0.25) is 11.8 Å². The average molecular weight is 404 g/mol. The highest BCUT2D eigenvalue weighted by molar-refractivity contribution is 7.13. The first kappa shape index (κ1) is 18.4. The van der Waals surface area contributed by atoms with Crippen molar-refractivity contribution < 1.29 is 9.59 Å². The Bertz CT molecular complexity index is 860. The number of carbonyl (C=O) groups is 2. The van der Waals surface area contributed by atoms with Gasteiger partial charge in [-0.2, -0.15) is 0 Å². The van der Waals surface area contributed by atoms with Crippen LogP contribution in [0.3, 0.4) is 0 Å². The van der Waals surface area contributed by atoms with Gasteiger partial charge in [0.15, 0.2) is 5.13 Å². The fourth-order valence-electron chi connectivity index (χ4n) is 3.80. The number of hydrogen-bond donors (Lipinski definition) is 1. The second kappa shape index (κ2) is 7.60. The molecule has 0 radical (unpaired) electrons. The lowest BCUT2D eigenvalue weighted by atomic mass is 9.95. The van der Waals surface area contributed by atoms with E-state index in [2.05, 4.69) is 10.3 Å². The number of rotatable bonds is 4. The molecule has 2 amide bonds. The monoisotopic (exact) mass is 403 g/mol. The summed E-state index contributed by atoms with van der Waals surface area (Å²) >= 11 is 7.70. The van der Waals surface area contributed by atoms with Gasteiger partial charge in [-0.25, -0.2) is 4.98 Å². The largest absolute Gasteiger partial charge is 0.342 e. The minimum Gasteiger partial charge on any atom is -0.342 e. The fourth-order valence-corrected chi connectivity index (χ4v) is 4.77. The zero-order valence-corrected chi connectivity index (χ0v) is 16.7. The van der Waals surface area contributed by atoms with Crippen molar-refractivity contribution in [2.75, 3.05) is 18.4 Å². The van der Waals surface area contributed by atoms with Crippen molar-refractivity contribution in [3.05, 3.63) is 45.9 Å². The fraction of sp³-hybridized carbons (Fsp3) is 0.450. The molecule has 0 bridgehead atoms. The number of aryl methyl sites for hydroxylation is 1. The number of aromatic nitrogens is 1. The molecule has 2 aliphatic rings. The number of carbonyl (C=O) groups excluding carboxylic acids is 2. The number of halogens is 1. The highest BCUT2D eigenvalue weighted by Crippen LogP contribution is 2.50. The lowest BCUT2D eigenvalue weighted by Crippen LogP contribution is -2.42. The lowest BCUT2D eigenvalue weighted by Gasteiger charge is -2.31. The number of likely N-dealkylation sites (tertiary alicyclic amines) is 1. The summed E-state index contributed by atoms with van der Waals surface area (Å²) in [7, 11) is 0. The third-order valence-electron chi connectivity index (χ3n) is 5.44. The number of nitrogens with one attached hydrogen (secondary N) is 1. The van der Waals surface area contributed by atoms with Crippen LogP contribution in [-0.4, -0.2) is 34.8 Å². The summed E-state index contributed by atoms with van der Waals surface area (Å²) in [5, 5.41) is 6.21. The molecule has 27 heavy (non-hydrogen) atoms. The van der Waals surface area contributed by atoms with Gasteiger partial charge >= 0.3 is 0 Å². The van der Waals surface area contributed by atoms with Gasteiger partial charge in [0, 0.05) is 35.3 Å². The maximum atomic E-state index is 12.8. The zero-order chi connectivity index (χ0) is 19.0. The Labute approximate surface area is 167 Å². The standard InChI is InChI=1S/C20H22ClN3O2S/c1-12-11-27-20(22-12)23-18(25)13-6-8-24(9-7-13)19(26)16-10-15(16)14-4-2-3-5-17(14)21/h2-5,11,13,15-16H,6-10H2,1H3,(H,22,23,25). The van der Waals surface area contributed by atoms with Crippen LogP contribution >= 0.6 is 22.9 Å². The molecule has 2 heterocycles. The summed E-state index contributed by atoms with van der Waals surface area (Å²) in [5.41, 5.74) is 1.98. The van der Waals surface area contributed by atoms with Crippen LogP contribution in [0.4, 0.5) is 5.13 Å². The van der Waals surface area contributed by atoms with Crippen LogP contribution in [0.25, 0.3) is 0 Å². The highest BCUT2D eigenvalue weighted by atomic mass is 35.5. The molecule has 1 aliphatic heterocycles. The Morgan fingerprint density at radius 1 is 1.26 bits per heavy atom. The van der Waals surface area contributed by atoms with Crippen LogP contribution < -0.4 is 5.32 Å². The Morgan fingerprint density at radius 3 is 2.67 bits per heavy atom. The molecule has 0 spiro atoms. The minimum absolute atomic E-state index is 0.0109. The van der Waals surface area contributed by atoms with E-state index in [1.807, 2.05) is 41.5 Å². The van der Waals surface area contributed by atoms with E-state index in [0.717, 1.165) is 22.7 Å². The lowest BCUT2D eigenvalue weighted by molar-refractivity contribution is -0.135. The van der Waals surface area contributed by atoms with Gasteiger partial charge in [-0.3, -0.25) is 9.59 Å². The molecule has 4 rings (SSSR count). The van der Waals surface area contributed by atoms with Crippen molar-refractivity contribution >= 4 is 39.9 Å². The van der Waals surface area contributed by atoms with E-state index >= 15 is 0 Å². The quantitative estimate of drug-likeness (QED) is 0.836. The van der Waals surface area contributed by atoms with Crippen molar-refractivity contribution in [3.8, 4) is 0 Å². The third-order valence-corrected chi connectivity index (χ3v) is 6.66. The molecule has 5 nitrogen and oxygen atoms in total. The molecule has 1 aromatic heterocycles. The Balaban J connectivity index is 1.29. The highest BCUT2D eigenvalue weighted by Gasteiger charge is 2.47. The predicted octanol–water partition coefficient (Wildman–Crippen LogP) is 4.09. The van der Waals surface area contributed by atoms with Gasteiger partial charge in [0.25, 0.3) is 0 Å². The molecule has 1 aromatic carbocycles. The number of amides is 2. The summed E-state index contributed by atoms with van der Waals surface area (Å²) in [4.78, 5) is 31.4. The second-order valence-electron chi connectivity index (χ2n) is 7.35. The van der Waals surface area contributed by atoms with E-state index in [1.165, 1.54) is 11.3 Å². The number of nitrogens with zero attached hydrogens (tertiary/aromatic N) is 2. The molecule has 142 valence electrons. The molecular formula is C20H22ClN3O2S. The summed E-state index contributed by atoms with van der Waals surface area (Å²) in [5.74, 6) is 0.428. The number of thiazole rings is 1. The van der Waals surface area contributed by atoms with Crippen molar-refractivity contribution in [2.45, 2.75) is 32.1 Å². The average Bonchev–Trinajstić information content (AvgIpc) is 3.36. The number of benzene rings is 1. The van der Waals surface area contributed by atoms with E-state index in [1.54, 1.807) is 0 Å². The Morgan fingerprint density at radius 2 is 2.00 bits per heavy atom. The first-order chi connectivity index (χ1) is 13.0. The molecule has 2 fully saturated rings. The van der Waals surface area contributed by atoms with Crippen LogP contribution in [0, 0.1) is 18.8 Å². The molecule has 2 atom stereocenters. The maximum Gasteiger partial charge on any atom is 0.229 e. The van der Waals surface area contributed by atoms with Crippen LogP contribution in [0.15, 0.2) is 29.6 Å². The summed E-state index contributed by atoms with van der Waals surface area (Å²) < 4.78 is 0. The second-order valence-corrected chi connectivity index (χ2v) is 8.62. The van der Waals surface area contributed by atoms with Crippen LogP contribution in [0.5, 0.6) is 0 Å². The number of piperidine rings is 1. The molecule has 2 aromatic rings. The van der Waals surface area contributed by atoms with Crippen LogP contribution in [0.1, 0.15) is 36.4 Å². The van der Waals surface area contributed by atoms with E-state index < -0.39 is 0 Å². The van der Waals surface area contributed by atoms with E-state index in [9.17, 15) is 9.59 Å². The van der Waals surface area contributed by atoms with Crippen molar-refractivity contribution in [1.29, 1.82) is 0 Å². The van der Waals surface area contributed by atoms with Gasteiger partial charge in [-0.05, 0) is 43.7 Å². The maximum absolute atomic E-state index is 12.8. The molecule has 7 heteroatoms. The predicted molar refractivity (Wildman–Crippen MR) is 107 cm³/mol. The van der Waals surface area contributed by atoms with Crippen LogP contribution in [-0.2, 0) is 9.59 Å².